The van der Waals surface area contributed by atoms with Crippen molar-refractivity contribution in [3.8, 4) is 0 Å². The van der Waals surface area contributed by atoms with Crippen LogP contribution in [-0.2, 0) is 9.59 Å². The Morgan fingerprint density at radius 1 is 1.00 bits per heavy atom. The van der Waals surface area contributed by atoms with Gasteiger partial charge in [-0.15, -0.1) is 0 Å². The van der Waals surface area contributed by atoms with E-state index in [1.165, 1.54) is 12.1 Å². The molecule has 1 aromatic carbocycles. The van der Waals surface area contributed by atoms with Crippen LogP contribution in [0.5, 0.6) is 0 Å². The summed E-state index contributed by atoms with van der Waals surface area (Å²) in [5.74, 6) is -3.17. The maximum atomic E-state index is 14.7. The highest BCUT2D eigenvalue weighted by Crippen LogP contribution is 2.35. The van der Waals surface area contributed by atoms with E-state index < -0.39 is 29.4 Å². The van der Waals surface area contributed by atoms with Crippen LogP contribution in [0.25, 0.3) is 0 Å². The van der Waals surface area contributed by atoms with Crippen molar-refractivity contribution in [1.29, 1.82) is 0 Å². The van der Waals surface area contributed by atoms with Gasteiger partial charge in [-0.25, -0.2) is 8.78 Å². The summed E-state index contributed by atoms with van der Waals surface area (Å²) in [5.41, 5.74) is 0.458. The lowest BCUT2D eigenvalue weighted by molar-refractivity contribution is -0.134. The lowest BCUT2D eigenvalue weighted by atomic mass is 9.84. The highest BCUT2D eigenvalue weighted by Gasteiger charge is 2.34. The predicted molar refractivity (Wildman–Crippen MR) is 91.7 cm³/mol. The molecule has 3 fully saturated rings. The van der Waals surface area contributed by atoms with Gasteiger partial charge < -0.3 is 5.32 Å². The molecule has 0 aromatic heterocycles. The van der Waals surface area contributed by atoms with E-state index in [-0.39, 0.29) is 24.3 Å². The SMILES string of the molecule is O=C1CC[C@H](c2c(F)cc(C3CCN(C4CNC4)CC3)cc2F)C(=O)N1. The Labute approximate surface area is 151 Å². The van der Waals surface area contributed by atoms with Crippen molar-refractivity contribution < 1.29 is 18.4 Å². The molecule has 0 spiro atoms. The maximum Gasteiger partial charge on any atom is 0.234 e. The van der Waals surface area contributed by atoms with E-state index in [9.17, 15) is 18.4 Å². The van der Waals surface area contributed by atoms with Crippen molar-refractivity contribution in [2.45, 2.75) is 43.6 Å². The van der Waals surface area contributed by atoms with Gasteiger partial charge in [0.2, 0.25) is 11.8 Å². The van der Waals surface area contributed by atoms with Crippen molar-refractivity contribution in [1.82, 2.24) is 15.5 Å². The molecule has 3 saturated heterocycles. The lowest BCUT2D eigenvalue weighted by Gasteiger charge is -2.42. The van der Waals surface area contributed by atoms with E-state index in [1.807, 2.05) is 0 Å². The van der Waals surface area contributed by atoms with Gasteiger partial charge in [0.1, 0.15) is 11.6 Å². The molecule has 2 N–H and O–H groups in total. The van der Waals surface area contributed by atoms with Crippen molar-refractivity contribution in [2.24, 2.45) is 0 Å². The minimum atomic E-state index is -0.935. The summed E-state index contributed by atoms with van der Waals surface area (Å²) >= 11 is 0. The van der Waals surface area contributed by atoms with Crippen molar-refractivity contribution in [3.05, 3.63) is 34.9 Å². The highest BCUT2D eigenvalue weighted by atomic mass is 19.1. The maximum absolute atomic E-state index is 14.7. The minimum absolute atomic E-state index is 0.103. The van der Waals surface area contributed by atoms with Gasteiger partial charge in [-0.3, -0.25) is 19.8 Å². The number of halogens is 2. The molecule has 4 rings (SSSR count). The molecule has 3 aliphatic rings. The fourth-order valence-corrected chi connectivity index (χ4v) is 4.27. The number of hydrogen-bond acceptors (Lipinski definition) is 4. The summed E-state index contributed by atoms with van der Waals surface area (Å²) in [6, 6.07) is 3.36. The summed E-state index contributed by atoms with van der Waals surface area (Å²) in [6.07, 6.45) is 2.01. The number of benzene rings is 1. The quantitative estimate of drug-likeness (QED) is 0.802. The Bertz CT molecular complexity index is 704. The summed E-state index contributed by atoms with van der Waals surface area (Å²) in [7, 11) is 0. The molecular formula is C19H23F2N3O2. The van der Waals surface area contributed by atoms with Gasteiger partial charge in [-0.2, -0.15) is 0 Å². The minimum Gasteiger partial charge on any atom is -0.314 e. The topological polar surface area (TPSA) is 61.4 Å². The third-order valence-electron chi connectivity index (χ3n) is 5.97. The molecule has 1 atom stereocenters. The molecule has 2 amide bonds. The summed E-state index contributed by atoms with van der Waals surface area (Å²) in [5, 5.41) is 5.43. The Hall–Kier alpha value is -1.86. The first-order valence-electron chi connectivity index (χ1n) is 9.30. The van der Waals surface area contributed by atoms with Crippen LogP contribution in [0.4, 0.5) is 8.78 Å². The second kappa shape index (κ2) is 7.04. The van der Waals surface area contributed by atoms with E-state index >= 15 is 0 Å². The van der Waals surface area contributed by atoms with E-state index in [4.69, 9.17) is 0 Å². The molecule has 5 nitrogen and oxygen atoms in total. The predicted octanol–water partition coefficient (Wildman–Crippen LogP) is 1.64. The lowest BCUT2D eigenvalue weighted by Crippen LogP contribution is -2.58. The van der Waals surface area contributed by atoms with Crippen LogP contribution in [0.2, 0.25) is 0 Å². The summed E-state index contributed by atoms with van der Waals surface area (Å²) in [6.45, 7) is 3.92. The molecule has 140 valence electrons. The van der Waals surface area contributed by atoms with Crippen LogP contribution >= 0.6 is 0 Å². The van der Waals surface area contributed by atoms with E-state index in [1.54, 1.807) is 0 Å². The summed E-state index contributed by atoms with van der Waals surface area (Å²) < 4.78 is 29.3. The van der Waals surface area contributed by atoms with Crippen LogP contribution in [0.15, 0.2) is 12.1 Å². The number of likely N-dealkylation sites (tertiary alicyclic amines) is 1. The fourth-order valence-electron chi connectivity index (χ4n) is 4.27. The first kappa shape index (κ1) is 17.5. The van der Waals surface area contributed by atoms with Crippen LogP contribution in [0.3, 0.4) is 0 Å². The van der Waals surface area contributed by atoms with Crippen LogP contribution in [0, 0.1) is 11.6 Å². The number of hydrogen-bond donors (Lipinski definition) is 2. The third-order valence-corrected chi connectivity index (χ3v) is 5.97. The van der Waals surface area contributed by atoms with Crippen molar-refractivity contribution >= 4 is 11.8 Å². The summed E-state index contributed by atoms with van der Waals surface area (Å²) in [4.78, 5) is 25.6. The number of imide groups is 1. The van der Waals surface area contributed by atoms with Gasteiger partial charge in [-0.1, -0.05) is 0 Å². The molecule has 0 bridgehead atoms. The smallest absolute Gasteiger partial charge is 0.234 e. The average molecular weight is 363 g/mol. The Morgan fingerprint density at radius 3 is 2.19 bits per heavy atom. The second-order valence-corrected chi connectivity index (χ2v) is 7.52. The first-order valence-corrected chi connectivity index (χ1v) is 9.30. The van der Waals surface area contributed by atoms with Crippen molar-refractivity contribution in [2.75, 3.05) is 26.2 Å². The molecule has 3 heterocycles. The highest BCUT2D eigenvalue weighted by molar-refractivity contribution is 6.00. The number of nitrogens with one attached hydrogen (secondary N) is 2. The molecule has 0 aliphatic carbocycles. The van der Waals surface area contributed by atoms with Crippen LogP contribution in [0.1, 0.15) is 48.6 Å². The Kier molecular flexibility index (Phi) is 4.75. The number of rotatable bonds is 3. The van der Waals surface area contributed by atoms with E-state index in [0.717, 1.165) is 39.0 Å². The third kappa shape index (κ3) is 3.25. The number of carbonyl (C=O) groups excluding carboxylic acids is 2. The number of nitrogens with zero attached hydrogens (tertiary/aromatic N) is 1. The van der Waals surface area contributed by atoms with Gasteiger partial charge in [0.25, 0.3) is 0 Å². The van der Waals surface area contributed by atoms with Gasteiger partial charge in [0.15, 0.2) is 0 Å². The molecular weight excluding hydrogens is 340 g/mol. The molecule has 1 aromatic rings. The monoisotopic (exact) mass is 363 g/mol. The van der Waals surface area contributed by atoms with Crippen LogP contribution < -0.4 is 10.6 Å². The zero-order chi connectivity index (χ0) is 18.3. The normalized spacial score (nSPS) is 25.8. The second-order valence-electron chi connectivity index (χ2n) is 7.52. The molecule has 7 heteroatoms. The van der Waals surface area contributed by atoms with Crippen LogP contribution in [-0.4, -0.2) is 48.9 Å². The Morgan fingerprint density at radius 2 is 1.65 bits per heavy atom. The molecule has 0 radical (unpaired) electrons. The molecule has 3 aliphatic heterocycles. The van der Waals surface area contributed by atoms with Gasteiger partial charge in [-0.05, 0) is 56.0 Å². The number of piperidine rings is 2. The number of amides is 2. The zero-order valence-electron chi connectivity index (χ0n) is 14.6. The van der Waals surface area contributed by atoms with E-state index in [2.05, 4.69) is 15.5 Å². The molecule has 0 saturated carbocycles. The largest absolute Gasteiger partial charge is 0.314 e. The zero-order valence-corrected chi connectivity index (χ0v) is 14.6. The average Bonchev–Trinajstić information content (AvgIpc) is 2.55. The van der Waals surface area contributed by atoms with Gasteiger partial charge >= 0.3 is 0 Å². The standard InChI is InChI=1S/C19H23F2N3O2/c20-15-7-12(11-3-5-24(6-4-11)13-9-22-10-13)8-16(21)18(15)14-1-2-17(25)23-19(14)26/h7-8,11,13-14,22H,1-6,9-10H2,(H,23,25,26)/t14-/m1/s1. The number of carbonyl (C=O) groups is 2. The fraction of sp³-hybridized carbons (Fsp3) is 0.579. The molecule has 26 heavy (non-hydrogen) atoms. The Balaban J connectivity index is 1.49. The van der Waals surface area contributed by atoms with E-state index in [0.29, 0.717) is 11.6 Å². The van der Waals surface area contributed by atoms with Gasteiger partial charge in [0, 0.05) is 31.1 Å². The first-order chi connectivity index (χ1) is 12.5. The van der Waals surface area contributed by atoms with Crippen molar-refractivity contribution in [3.63, 3.8) is 0 Å². The van der Waals surface area contributed by atoms with Gasteiger partial charge in [0.05, 0.1) is 5.92 Å². The molecule has 0 unspecified atom stereocenters.